The van der Waals surface area contributed by atoms with Gasteiger partial charge in [-0.15, -0.1) is 0 Å². The second kappa shape index (κ2) is 7.10. The summed E-state index contributed by atoms with van der Waals surface area (Å²) in [7, 11) is 0. The first-order valence-corrected chi connectivity index (χ1v) is 7.93. The Bertz CT molecular complexity index is 637. The topological polar surface area (TPSA) is 29.1 Å². The minimum absolute atomic E-state index is 0.0373. The summed E-state index contributed by atoms with van der Waals surface area (Å²) in [6.45, 7) is 3.96. The highest BCUT2D eigenvalue weighted by Crippen LogP contribution is 2.16. The van der Waals surface area contributed by atoms with E-state index in [1.807, 2.05) is 56.3 Å². The predicted octanol–water partition coefficient (Wildman–Crippen LogP) is 4.77. The van der Waals surface area contributed by atoms with Crippen LogP contribution in [0.1, 0.15) is 28.4 Å². The standard InChI is InChI=1S/C17H17BrClNO/c1-11-6-14(10-15(18)7-11)17(21)20-12(2)8-13-4-3-5-16(19)9-13/h3-7,9-10,12H,8H2,1-2H3,(H,20,21). The smallest absolute Gasteiger partial charge is 0.251 e. The SMILES string of the molecule is Cc1cc(Br)cc(C(=O)NC(C)Cc2cccc(Cl)c2)c1. The molecule has 2 rings (SSSR count). The van der Waals surface area contributed by atoms with Gasteiger partial charge in [0.05, 0.1) is 0 Å². The molecular formula is C17H17BrClNO. The van der Waals surface area contributed by atoms with Gasteiger partial charge in [0.2, 0.25) is 0 Å². The number of hydrogen-bond acceptors (Lipinski definition) is 1. The van der Waals surface area contributed by atoms with E-state index in [1.54, 1.807) is 0 Å². The molecule has 0 spiro atoms. The molecule has 0 aliphatic rings. The molecule has 0 aliphatic carbocycles. The summed E-state index contributed by atoms with van der Waals surface area (Å²) < 4.78 is 0.912. The zero-order valence-corrected chi connectivity index (χ0v) is 14.3. The highest BCUT2D eigenvalue weighted by atomic mass is 79.9. The lowest BCUT2D eigenvalue weighted by atomic mass is 10.1. The second-order valence-corrected chi connectivity index (χ2v) is 6.58. The molecule has 0 bridgehead atoms. The summed E-state index contributed by atoms with van der Waals surface area (Å²) in [6, 6.07) is 13.4. The van der Waals surface area contributed by atoms with Gasteiger partial charge in [0, 0.05) is 21.1 Å². The van der Waals surface area contributed by atoms with E-state index >= 15 is 0 Å². The number of hydrogen-bond donors (Lipinski definition) is 1. The molecular weight excluding hydrogens is 350 g/mol. The summed E-state index contributed by atoms with van der Waals surface area (Å²) in [6.07, 6.45) is 0.749. The minimum atomic E-state index is -0.0612. The van der Waals surface area contributed by atoms with E-state index in [0.29, 0.717) is 10.6 Å². The lowest BCUT2D eigenvalue weighted by molar-refractivity contribution is 0.0940. The fourth-order valence-electron chi connectivity index (χ4n) is 2.24. The van der Waals surface area contributed by atoms with Crippen molar-refractivity contribution >= 4 is 33.4 Å². The molecule has 4 heteroatoms. The van der Waals surface area contributed by atoms with Gasteiger partial charge in [0.15, 0.2) is 0 Å². The maximum atomic E-state index is 12.3. The molecule has 1 atom stereocenters. The van der Waals surface area contributed by atoms with Crippen molar-refractivity contribution in [2.45, 2.75) is 26.3 Å². The molecule has 0 fully saturated rings. The maximum Gasteiger partial charge on any atom is 0.251 e. The molecule has 1 unspecified atom stereocenters. The van der Waals surface area contributed by atoms with E-state index < -0.39 is 0 Å². The number of carbonyl (C=O) groups excluding carboxylic acids is 1. The van der Waals surface area contributed by atoms with E-state index in [0.717, 1.165) is 22.0 Å². The zero-order valence-electron chi connectivity index (χ0n) is 12.0. The van der Waals surface area contributed by atoms with E-state index in [9.17, 15) is 4.79 Å². The van der Waals surface area contributed by atoms with Crippen molar-refractivity contribution in [1.29, 1.82) is 0 Å². The molecule has 1 amide bonds. The van der Waals surface area contributed by atoms with Gasteiger partial charge >= 0.3 is 0 Å². The van der Waals surface area contributed by atoms with Crippen LogP contribution in [0.5, 0.6) is 0 Å². The van der Waals surface area contributed by atoms with Crippen molar-refractivity contribution in [2.24, 2.45) is 0 Å². The van der Waals surface area contributed by atoms with Crippen LogP contribution in [0.25, 0.3) is 0 Å². The summed E-state index contributed by atoms with van der Waals surface area (Å²) in [5, 5.41) is 3.73. The summed E-state index contributed by atoms with van der Waals surface area (Å²) >= 11 is 9.39. The molecule has 2 aromatic rings. The third-order valence-electron chi connectivity index (χ3n) is 3.11. The molecule has 21 heavy (non-hydrogen) atoms. The molecule has 1 N–H and O–H groups in total. The number of nitrogens with one attached hydrogen (secondary N) is 1. The Morgan fingerprint density at radius 2 is 2.05 bits per heavy atom. The van der Waals surface area contributed by atoms with Crippen LogP contribution in [-0.2, 0) is 6.42 Å². The van der Waals surface area contributed by atoms with Crippen molar-refractivity contribution in [2.75, 3.05) is 0 Å². The van der Waals surface area contributed by atoms with Crippen LogP contribution < -0.4 is 5.32 Å². The van der Waals surface area contributed by atoms with Crippen LogP contribution in [0.3, 0.4) is 0 Å². The van der Waals surface area contributed by atoms with Gasteiger partial charge in [0.1, 0.15) is 0 Å². The monoisotopic (exact) mass is 365 g/mol. The molecule has 0 heterocycles. The number of amides is 1. The maximum absolute atomic E-state index is 12.3. The van der Waals surface area contributed by atoms with Crippen LogP contribution in [0.2, 0.25) is 5.02 Å². The number of rotatable bonds is 4. The van der Waals surface area contributed by atoms with Gasteiger partial charge in [0.25, 0.3) is 5.91 Å². The first-order chi connectivity index (χ1) is 9.94. The fraction of sp³-hybridized carbons (Fsp3) is 0.235. The van der Waals surface area contributed by atoms with Crippen molar-refractivity contribution in [3.8, 4) is 0 Å². The van der Waals surface area contributed by atoms with Crippen molar-refractivity contribution in [3.63, 3.8) is 0 Å². The summed E-state index contributed by atoms with van der Waals surface area (Å²) in [5.74, 6) is -0.0612. The largest absolute Gasteiger partial charge is 0.349 e. The third-order valence-corrected chi connectivity index (χ3v) is 3.81. The van der Waals surface area contributed by atoms with E-state index in [1.165, 1.54) is 0 Å². The average Bonchev–Trinajstić information content (AvgIpc) is 2.37. The van der Waals surface area contributed by atoms with Crippen LogP contribution in [0, 0.1) is 6.92 Å². The number of aryl methyl sites for hydroxylation is 1. The Kier molecular flexibility index (Phi) is 5.43. The van der Waals surface area contributed by atoms with E-state index in [-0.39, 0.29) is 11.9 Å². The molecule has 2 aromatic carbocycles. The van der Waals surface area contributed by atoms with Crippen LogP contribution in [-0.4, -0.2) is 11.9 Å². The summed E-state index contributed by atoms with van der Waals surface area (Å²) in [5.41, 5.74) is 2.83. The lowest BCUT2D eigenvalue weighted by Crippen LogP contribution is -2.34. The molecule has 0 aromatic heterocycles. The Hall–Kier alpha value is -1.32. The van der Waals surface area contributed by atoms with Crippen LogP contribution in [0.4, 0.5) is 0 Å². The Morgan fingerprint density at radius 3 is 2.71 bits per heavy atom. The first kappa shape index (κ1) is 16.1. The molecule has 0 saturated carbocycles. The van der Waals surface area contributed by atoms with Gasteiger partial charge in [-0.3, -0.25) is 4.79 Å². The Balaban J connectivity index is 2.02. The Labute approximate surface area is 138 Å². The van der Waals surface area contributed by atoms with Crippen molar-refractivity contribution in [3.05, 3.63) is 68.7 Å². The predicted molar refractivity (Wildman–Crippen MR) is 91.0 cm³/mol. The van der Waals surface area contributed by atoms with Crippen molar-refractivity contribution in [1.82, 2.24) is 5.32 Å². The number of halogens is 2. The quantitative estimate of drug-likeness (QED) is 0.829. The number of benzene rings is 2. The first-order valence-electron chi connectivity index (χ1n) is 6.76. The van der Waals surface area contributed by atoms with Crippen molar-refractivity contribution < 1.29 is 4.79 Å². The fourth-order valence-corrected chi connectivity index (χ4v) is 3.06. The van der Waals surface area contributed by atoms with Crippen LogP contribution in [0.15, 0.2) is 46.9 Å². The van der Waals surface area contributed by atoms with Gasteiger partial charge in [-0.25, -0.2) is 0 Å². The average molecular weight is 367 g/mol. The Morgan fingerprint density at radius 1 is 1.29 bits per heavy atom. The second-order valence-electron chi connectivity index (χ2n) is 5.23. The third kappa shape index (κ3) is 4.87. The molecule has 0 aliphatic heterocycles. The zero-order chi connectivity index (χ0) is 15.4. The van der Waals surface area contributed by atoms with Gasteiger partial charge in [-0.2, -0.15) is 0 Å². The molecule has 0 radical (unpaired) electrons. The molecule has 110 valence electrons. The van der Waals surface area contributed by atoms with Gasteiger partial charge < -0.3 is 5.32 Å². The minimum Gasteiger partial charge on any atom is -0.349 e. The number of carbonyl (C=O) groups is 1. The normalized spacial score (nSPS) is 12.0. The van der Waals surface area contributed by atoms with E-state index in [2.05, 4.69) is 21.2 Å². The lowest BCUT2D eigenvalue weighted by Gasteiger charge is -2.14. The molecule has 0 saturated heterocycles. The van der Waals surface area contributed by atoms with Gasteiger partial charge in [-0.1, -0.05) is 39.7 Å². The molecule has 2 nitrogen and oxygen atoms in total. The highest BCUT2D eigenvalue weighted by Gasteiger charge is 2.11. The van der Waals surface area contributed by atoms with Crippen LogP contribution >= 0.6 is 27.5 Å². The summed E-state index contributed by atoms with van der Waals surface area (Å²) in [4.78, 5) is 12.3. The highest BCUT2D eigenvalue weighted by molar-refractivity contribution is 9.10. The van der Waals surface area contributed by atoms with E-state index in [4.69, 9.17) is 11.6 Å². The van der Waals surface area contributed by atoms with Gasteiger partial charge in [-0.05, 0) is 61.7 Å².